The van der Waals surface area contributed by atoms with Crippen molar-refractivity contribution in [3.05, 3.63) is 16.4 Å². The van der Waals surface area contributed by atoms with Gasteiger partial charge in [-0.15, -0.1) is 0 Å². The van der Waals surface area contributed by atoms with Gasteiger partial charge in [0.05, 0.1) is 22.4 Å². The van der Waals surface area contributed by atoms with Gasteiger partial charge in [-0.1, -0.05) is 32.6 Å². The minimum absolute atomic E-state index is 0.440. The van der Waals surface area contributed by atoms with E-state index in [1.54, 1.807) is 0 Å². The summed E-state index contributed by atoms with van der Waals surface area (Å²) in [5, 5.41) is 8.08. The van der Waals surface area contributed by atoms with Crippen molar-refractivity contribution < 1.29 is 0 Å². The van der Waals surface area contributed by atoms with Gasteiger partial charge in [-0.25, -0.2) is 0 Å². The summed E-state index contributed by atoms with van der Waals surface area (Å²) in [6, 6.07) is 0.440. The first-order valence-electron chi connectivity index (χ1n) is 7.20. The second-order valence-corrected chi connectivity index (χ2v) is 6.04. The van der Waals surface area contributed by atoms with E-state index in [9.17, 15) is 0 Å². The molecule has 0 radical (unpaired) electrons. The third-order valence-corrected chi connectivity index (χ3v) is 4.57. The van der Waals surface area contributed by atoms with E-state index in [4.69, 9.17) is 0 Å². The minimum Gasteiger partial charge on any atom is -0.309 e. The van der Waals surface area contributed by atoms with Crippen LogP contribution in [0.1, 0.15) is 57.7 Å². The number of nitrogens with zero attached hydrogens (tertiary/aromatic N) is 2. The number of hydrogen-bond donors (Lipinski definition) is 1. The lowest BCUT2D eigenvalue weighted by Crippen LogP contribution is -2.26. The Labute approximate surface area is 118 Å². The lowest BCUT2D eigenvalue weighted by Gasteiger charge is -2.23. The summed E-state index contributed by atoms with van der Waals surface area (Å²) in [7, 11) is 0. The Morgan fingerprint density at radius 1 is 1.44 bits per heavy atom. The molecule has 18 heavy (non-hydrogen) atoms. The fourth-order valence-electron chi connectivity index (χ4n) is 3.09. The molecule has 0 spiro atoms. The van der Waals surface area contributed by atoms with Crippen molar-refractivity contribution in [3.63, 3.8) is 0 Å². The predicted molar refractivity (Wildman–Crippen MR) is 78.6 cm³/mol. The Morgan fingerprint density at radius 2 is 2.17 bits per heavy atom. The third kappa shape index (κ3) is 3.15. The summed E-state index contributed by atoms with van der Waals surface area (Å²) in [5.74, 6) is 0.890. The molecule has 0 aliphatic heterocycles. The van der Waals surface area contributed by atoms with E-state index in [1.165, 1.54) is 37.8 Å². The van der Waals surface area contributed by atoms with E-state index >= 15 is 0 Å². The highest BCUT2D eigenvalue weighted by Crippen LogP contribution is 2.35. The molecule has 1 saturated carbocycles. The zero-order valence-corrected chi connectivity index (χ0v) is 13.0. The SMILES string of the molecule is CCNC(CC1CCCC1)c1c(Br)cnn1CC. The molecule has 1 aromatic heterocycles. The molecule has 102 valence electrons. The number of aromatic nitrogens is 2. The molecule has 0 aromatic carbocycles. The smallest absolute Gasteiger partial charge is 0.0695 e. The van der Waals surface area contributed by atoms with Gasteiger partial charge in [-0.05, 0) is 41.7 Å². The molecule has 4 heteroatoms. The van der Waals surface area contributed by atoms with Crippen LogP contribution in [0.3, 0.4) is 0 Å². The first kappa shape index (κ1) is 14.1. The minimum atomic E-state index is 0.440. The quantitative estimate of drug-likeness (QED) is 0.863. The van der Waals surface area contributed by atoms with Crippen LogP contribution < -0.4 is 5.32 Å². The molecule has 0 bridgehead atoms. The second-order valence-electron chi connectivity index (χ2n) is 5.19. The van der Waals surface area contributed by atoms with Crippen LogP contribution in [-0.2, 0) is 6.54 Å². The van der Waals surface area contributed by atoms with Crippen molar-refractivity contribution in [2.24, 2.45) is 5.92 Å². The monoisotopic (exact) mass is 313 g/mol. The van der Waals surface area contributed by atoms with Gasteiger partial charge in [0.25, 0.3) is 0 Å². The number of rotatable bonds is 6. The van der Waals surface area contributed by atoms with Crippen molar-refractivity contribution in [2.75, 3.05) is 6.54 Å². The van der Waals surface area contributed by atoms with Gasteiger partial charge in [0, 0.05) is 6.54 Å². The van der Waals surface area contributed by atoms with E-state index in [0.717, 1.165) is 23.5 Å². The Kier molecular flexibility index (Phi) is 5.25. The Bertz CT molecular complexity index is 369. The first-order valence-corrected chi connectivity index (χ1v) is 8.00. The number of hydrogen-bond acceptors (Lipinski definition) is 2. The molecule has 1 atom stereocenters. The number of aryl methyl sites for hydroxylation is 1. The van der Waals surface area contributed by atoms with E-state index in [-0.39, 0.29) is 0 Å². The van der Waals surface area contributed by atoms with Crippen LogP contribution in [0.4, 0.5) is 0 Å². The maximum Gasteiger partial charge on any atom is 0.0695 e. The predicted octanol–water partition coefficient (Wildman–Crippen LogP) is 3.90. The molecule has 0 saturated heterocycles. The lowest BCUT2D eigenvalue weighted by molar-refractivity contribution is 0.380. The molecule has 1 unspecified atom stereocenters. The normalized spacial score (nSPS) is 18.4. The molecule has 1 fully saturated rings. The zero-order valence-electron chi connectivity index (χ0n) is 11.5. The first-order chi connectivity index (χ1) is 8.76. The Hall–Kier alpha value is -0.350. The van der Waals surface area contributed by atoms with Crippen LogP contribution in [-0.4, -0.2) is 16.3 Å². The summed E-state index contributed by atoms with van der Waals surface area (Å²) >= 11 is 3.65. The summed E-state index contributed by atoms with van der Waals surface area (Å²) in [6.45, 7) is 6.29. The molecule has 1 aliphatic rings. The van der Waals surface area contributed by atoms with Crippen LogP contribution in [0, 0.1) is 5.92 Å². The summed E-state index contributed by atoms with van der Waals surface area (Å²) in [6.07, 6.45) is 8.81. The van der Waals surface area contributed by atoms with Crippen LogP contribution in [0.5, 0.6) is 0 Å². The molecule has 0 amide bonds. The van der Waals surface area contributed by atoms with Crippen LogP contribution in [0.2, 0.25) is 0 Å². The Balaban J connectivity index is 2.14. The molecule has 1 N–H and O–H groups in total. The van der Waals surface area contributed by atoms with Gasteiger partial charge in [0.1, 0.15) is 0 Å². The van der Waals surface area contributed by atoms with Crippen molar-refractivity contribution in [1.29, 1.82) is 0 Å². The summed E-state index contributed by atoms with van der Waals surface area (Å²) in [5.41, 5.74) is 1.33. The van der Waals surface area contributed by atoms with Crippen molar-refractivity contribution in [1.82, 2.24) is 15.1 Å². The zero-order chi connectivity index (χ0) is 13.0. The summed E-state index contributed by atoms with van der Waals surface area (Å²) < 4.78 is 3.26. The van der Waals surface area contributed by atoms with Gasteiger partial charge in [-0.2, -0.15) is 5.10 Å². The second kappa shape index (κ2) is 6.71. The maximum atomic E-state index is 4.44. The van der Waals surface area contributed by atoms with Gasteiger partial charge in [-0.3, -0.25) is 4.68 Å². The van der Waals surface area contributed by atoms with Crippen molar-refractivity contribution >= 4 is 15.9 Å². The average Bonchev–Trinajstić information content (AvgIpc) is 2.98. The van der Waals surface area contributed by atoms with Crippen LogP contribution in [0.25, 0.3) is 0 Å². The third-order valence-electron chi connectivity index (χ3n) is 3.96. The largest absolute Gasteiger partial charge is 0.309 e. The highest BCUT2D eigenvalue weighted by atomic mass is 79.9. The fourth-order valence-corrected chi connectivity index (χ4v) is 3.66. The molecule has 1 aromatic rings. The van der Waals surface area contributed by atoms with Crippen LogP contribution in [0.15, 0.2) is 10.7 Å². The van der Waals surface area contributed by atoms with Gasteiger partial charge >= 0.3 is 0 Å². The molecular weight excluding hydrogens is 290 g/mol. The molecular formula is C14H24BrN3. The van der Waals surface area contributed by atoms with Gasteiger partial charge < -0.3 is 5.32 Å². The average molecular weight is 314 g/mol. The number of halogens is 1. The van der Waals surface area contributed by atoms with Crippen molar-refractivity contribution in [2.45, 2.75) is 58.5 Å². The highest BCUT2D eigenvalue weighted by Gasteiger charge is 2.24. The van der Waals surface area contributed by atoms with E-state index in [2.05, 4.69) is 44.9 Å². The standard InChI is InChI=1S/C14H24BrN3/c1-3-16-13(9-11-7-5-6-8-11)14-12(15)10-17-18(14)4-2/h10-11,13,16H,3-9H2,1-2H3. The maximum absolute atomic E-state index is 4.44. The molecule has 3 nitrogen and oxygen atoms in total. The fraction of sp³-hybridized carbons (Fsp3) is 0.786. The topological polar surface area (TPSA) is 29.9 Å². The van der Waals surface area contributed by atoms with E-state index in [1.807, 2.05) is 6.20 Å². The van der Waals surface area contributed by atoms with Crippen molar-refractivity contribution in [3.8, 4) is 0 Å². The molecule has 1 aliphatic carbocycles. The van der Waals surface area contributed by atoms with E-state index in [0.29, 0.717) is 6.04 Å². The molecule has 2 rings (SSSR count). The Morgan fingerprint density at radius 3 is 2.78 bits per heavy atom. The van der Waals surface area contributed by atoms with Crippen LogP contribution >= 0.6 is 15.9 Å². The van der Waals surface area contributed by atoms with Gasteiger partial charge in [0.15, 0.2) is 0 Å². The molecule has 1 heterocycles. The summed E-state index contributed by atoms with van der Waals surface area (Å²) in [4.78, 5) is 0. The van der Waals surface area contributed by atoms with E-state index < -0.39 is 0 Å². The number of nitrogens with one attached hydrogen (secondary N) is 1. The lowest BCUT2D eigenvalue weighted by atomic mass is 9.96. The van der Waals surface area contributed by atoms with Gasteiger partial charge in [0.2, 0.25) is 0 Å². The highest BCUT2D eigenvalue weighted by molar-refractivity contribution is 9.10.